The van der Waals surface area contributed by atoms with Crippen molar-refractivity contribution in [2.75, 3.05) is 38.2 Å². The van der Waals surface area contributed by atoms with Gasteiger partial charge in [-0.15, -0.1) is 0 Å². The van der Waals surface area contributed by atoms with Crippen LogP contribution in [0.1, 0.15) is 19.9 Å². The van der Waals surface area contributed by atoms with Crippen molar-refractivity contribution < 1.29 is 14.1 Å². The SMILES string of the molecule is COC(=O)N1CCN(c2noc(-c3ccc4cnn(C(C)C)c4c3)n2)CC1. The number of nitrogens with zero attached hydrogens (tertiary/aromatic N) is 6. The minimum Gasteiger partial charge on any atom is -0.453 e. The van der Waals surface area contributed by atoms with E-state index in [-0.39, 0.29) is 12.1 Å². The van der Waals surface area contributed by atoms with E-state index in [4.69, 9.17) is 9.26 Å². The summed E-state index contributed by atoms with van der Waals surface area (Å²) in [5, 5.41) is 9.63. The number of piperazine rings is 1. The van der Waals surface area contributed by atoms with Gasteiger partial charge in [0.1, 0.15) is 0 Å². The predicted molar refractivity (Wildman–Crippen MR) is 99.6 cm³/mol. The molecule has 4 rings (SSSR count). The fourth-order valence-electron chi connectivity index (χ4n) is 3.26. The first-order valence-electron chi connectivity index (χ1n) is 8.96. The quantitative estimate of drug-likeness (QED) is 0.700. The summed E-state index contributed by atoms with van der Waals surface area (Å²) < 4.78 is 12.2. The highest BCUT2D eigenvalue weighted by Crippen LogP contribution is 2.26. The van der Waals surface area contributed by atoms with Crippen molar-refractivity contribution in [3.8, 4) is 11.5 Å². The summed E-state index contributed by atoms with van der Waals surface area (Å²) in [5.74, 6) is 1.01. The Morgan fingerprint density at radius 1 is 1.22 bits per heavy atom. The fourth-order valence-corrected chi connectivity index (χ4v) is 3.26. The summed E-state index contributed by atoms with van der Waals surface area (Å²) in [4.78, 5) is 19.8. The second-order valence-electron chi connectivity index (χ2n) is 6.80. The lowest BCUT2D eigenvalue weighted by Crippen LogP contribution is -2.49. The van der Waals surface area contributed by atoms with E-state index >= 15 is 0 Å². The molecule has 0 atom stereocenters. The van der Waals surface area contributed by atoms with Crippen LogP contribution in [0.15, 0.2) is 28.9 Å². The van der Waals surface area contributed by atoms with Gasteiger partial charge in [0.05, 0.1) is 18.8 Å². The normalized spacial score (nSPS) is 15.0. The average molecular weight is 370 g/mol. The summed E-state index contributed by atoms with van der Waals surface area (Å²) in [7, 11) is 1.39. The monoisotopic (exact) mass is 370 g/mol. The fraction of sp³-hybridized carbons (Fsp3) is 0.444. The molecule has 9 heteroatoms. The van der Waals surface area contributed by atoms with Crippen LogP contribution in [-0.2, 0) is 4.74 Å². The van der Waals surface area contributed by atoms with Crippen molar-refractivity contribution in [2.24, 2.45) is 0 Å². The second kappa shape index (κ2) is 6.90. The molecule has 0 saturated carbocycles. The standard InChI is InChI=1S/C18H22N6O3/c1-12(2)24-15-10-13(4-5-14(15)11-19-24)16-20-17(21-27-16)22-6-8-23(9-7-22)18(25)26-3/h4-5,10-12H,6-9H2,1-3H3. The summed E-state index contributed by atoms with van der Waals surface area (Å²) >= 11 is 0. The second-order valence-corrected chi connectivity index (χ2v) is 6.80. The van der Waals surface area contributed by atoms with E-state index in [0.717, 1.165) is 16.5 Å². The highest BCUT2D eigenvalue weighted by atomic mass is 16.5. The number of hydrogen-bond acceptors (Lipinski definition) is 7. The van der Waals surface area contributed by atoms with Crippen LogP contribution in [0.2, 0.25) is 0 Å². The van der Waals surface area contributed by atoms with Crippen LogP contribution in [0.5, 0.6) is 0 Å². The van der Waals surface area contributed by atoms with E-state index in [1.165, 1.54) is 7.11 Å². The first-order chi connectivity index (χ1) is 13.1. The Morgan fingerprint density at radius 3 is 2.70 bits per heavy atom. The number of carbonyl (C=O) groups is 1. The zero-order valence-corrected chi connectivity index (χ0v) is 15.6. The Hall–Kier alpha value is -3.10. The molecule has 2 aromatic heterocycles. The lowest BCUT2D eigenvalue weighted by molar-refractivity contribution is 0.121. The number of rotatable bonds is 3. The number of anilines is 1. The van der Waals surface area contributed by atoms with Gasteiger partial charge in [0, 0.05) is 43.2 Å². The summed E-state index contributed by atoms with van der Waals surface area (Å²) in [6.45, 7) is 6.59. The van der Waals surface area contributed by atoms with Gasteiger partial charge in [0.25, 0.3) is 11.8 Å². The van der Waals surface area contributed by atoms with E-state index in [9.17, 15) is 4.79 Å². The molecular weight excluding hydrogens is 348 g/mol. The maximum atomic E-state index is 11.6. The maximum absolute atomic E-state index is 11.6. The summed E-state index contributed by atoms with van der Waals surface area (Å²) in [6, 6.07) is 6.26. The lowest BCUT2D eigenvalue weighted by Gasteiger charge is -2.32. The Bertz CT molecular complexity index is 955. The topological polar surface area (TPSA) is 89.5 Å². The van der Waals surface area contributed by atoms with E-state index in [2.05, 4.69) is 29.1 Å². The molecule has 1 aromatic carbocycles. The molecule has 1 fully saturated rings. The smallest absolute Gasteiger partial charge is 0.409 e. The minimum atomic E-state index is -0.307. The molecule has 142 valence electrons. The minimum absolute atomic E-state index is 0.266. The van der Waals surface area contributed by atoms with Crippen molar-refractivity contribution in [3.63, 3.8) is 0 Å². The maximum Gasteiger partial charge on any atom is 0.409 e. The average Bonchev–Trinajstić information content (AvgIpc) is 3.34. The molecule has 0 bridgehead atoms. The Morgan fingerprint density at radius 2 is 2.00 bits per heavy atom. The molecule has 1 amide bonds. The molecule has 0 radical (unpaired) electrons. The van der Waals surface area contributed by atoms with Crippen molar-refractivity contribution >= 4 is 22.9 Å². The number of carbonyl (C=O) groups excluding carboxylic acids is 1. The Kier molecular flexibility index (Phi) is 4.43. The third kappa shape index (κ3) is 3.20. The van der Waals surface area contributed by atoms with E-state index in [1.807, 2.05) is 34.0 Å². The van der Waals surface area contributed by atoms with Crippen LogP contribution >= 0.6 is 0 Å². The van der Waals surface area contributed by atoms with Gasteiger partial charge in [-0.1, -0.05) is 6.07 Å². The van der Waals surface area contributed by atoms with Crippen LogP contribution in [0.25, 0.3) is 22.4 Å². The van der Waals surface area contributed by atoms with Gasteiger partial charge in [-0.3, -0.25) is 4.68 Å². The third-order valence-corrected chi connectivity index (χ3v) is 4.75. The van der Waals surface area contributed by atoms with E-state index in [0.29, 0.717) is 38.0 Å². The molecule has 27 heavy (non-hydrogen) atoms. The van der Waals surface area contributed by atoms with Gasteiger partial charge >= 0.3 is 6.09 Å². The number of benzene rings is 1. The van der Waals surface area contributed by atoms with E-state index < -0.39 is 0 Å². The van der Waals surface area contributed by atoms with Crippen LogP contribution in [0.3, 0.4) is 0 Å². The first-order valence-corrected chi connectivity index (χ1v) is 8.96. The zero-order chi connectivity index (χ0) is 19.0. The van der Waals surface area contributed by atoms with Gasteiger partial charge in [0.2, 0.25) is 0 Å². The summed E-state index contributed by atoms with van der Waals surface area (Å²) in [6.07, 6.45) is 1.55. The van der Waals surface area contributed by atoms with Crippen molar-refractivity contribution in [2.45, 2.75) is 19.9 Å². The Labute approximate surface area is 156 Å². The molecule has 1 aliphatic rings. The summed E-state index contributed by atoms with van der Waals surface area (Å²) in [5.41, 5.74) is 1.89. The van der Waals surface area contributed by atoms with Gasteiger partial charge in [-0.05, 0) is 31.1 Å². The molecule has 9 nitrogen and oxygen atoms in total. The molecule has 0 N–H and O–H groups in total. The third-order valence-electron chi connectivity index (χ3n) is 4.75. The number of amides is 1. The molecule has 3 aromatic rings. The molecule has 0 aliphatic carbocycles. The van der Waals surface area contributed by atoms with Gasteiger partial charge in [-0.2, -0.15) is 10.1 Å². The lowest BCUT2D eigenvalue weighted by atomic mass is 10.1. The van der Waals surface area contributed by atoms with Crippen molar-refractivity contribution in [1.29, 1.82) is 0 Å². The number of fused-ring (bicyclic) bond motifs is 1. The van der Waals surface area contributed by atoms with Crippen molar-refractivity contribution in [3.05, 3.63) is 24.4 Å². The number of hydrogen-bond donors (Lipinski definition) is 0. The number of ether oxygens (including phenoxy) is 1. The predicted octanol–water partition coefficient (Wildman–Crippen LogP) is 2.56. The van der Waals surface area contributed by atoms with Crippen LogP contribution in [-0.4, -0.2) is 64.2 Å². The molecule has 3 heterocycles. The van der Waals surface area contributed by atoms with Crippen LogP contribution in [0.4, 0.5) is 10.7 Å². The zero-order valence-electron chi connectivity index (χ0n) is 15.6. The van der Waals surface area contributed by atoms with Crippen molar-refractivity contribution in [1.82, 2.24) is 24.8 Å². The number of methoxy groups -OCH3 is 1. The molecule has 0 spiro atoms. The largest absolute Gasteiger partial charge is 0.453 e. The molecule has 0 unspecified atom stereocenters. The van der Waals surface area contributed by atoms with Crippen LogP contribution < -0.4 is 4.90 Å². The first kappa shape index (κ1) is 17.3. The molecule has 1 aliphatic heterocycles. The number of aromatic nitrogens is 4. The van der Waals surface area contributed by atoms with Gasteiger partial charge < -0.3 is 19.1 Å². The highest BCUT2D eigenvalue weighted by Gasteiger charge is 2.24. The molecular formula is C18H22N6O3. The molecule has 1 saturated heterocycles. The van der Waals surface area contributed by atoms with E-state index in [1.54, 1.807) is 4.90 Å². The van der Waals surface area contributed by atoms with Gasteiger partial charge in [0.15, 0.2) is 0 Å². The Balaban J connectivity index is 1.54. The van der Waals surface area contributed by atoms with Crippen LogP contribution in [0, 0.1) is 0 Å². The highest BCUT2D eigenvalue weighted by molar-refractivity contribution is 5.83. The van der Waals surface area contributed by atoms with Gasteiger partial charge in [-0.25, -0.2) is 4.79 Å².